The first kappa shape index (κ1) is 12.6. The highest BCUT2D eigenvalue weighted by Gasteiger charge is 2.08. The highest BCUT2D eigenvalue weighted by atomic mass is 15.1. The van der Waals surface area contributed by atoms with Crippen LogP contribution in [0, 0.1) is 0 Å². The lowest BCUT2D eigenvalue weighted by Gasteiger charge is -2.26. The van der Waals surface area contributed by atoms with E-state index in [1.807, 2.05) is 0 Å². The van der Waals surface area contributed by atoms with Crippen LogP contribution in [0.5, 0.6) is 0 Å². The van der Waals surface area contributed by atoms with E-state index in [9.17, 15) is 0 Å². The third-order valence-corrected chi connectivity index (χ3v) is 3.82. The van der Waals surface area contributed by atoms with Gasteiger partial charge in [-0.25, -0.2) is 0 Å². The summed E-state index contributed by atoms with van der Waals surface area (Å²) in [5, 5.41) is 0. The molecule has 1 saturated heterocycles. The average molecular weight is 231 g/mol. The normalized spacial score (nSPS) is 17.2. The van der Waals surface area contributed by atoms with Gasteiger partial charge in [-0.1, -0.05) is 37.6 Å². The molecular formula is C16H25N. The Morgan fingerprint density at radius 2 is 1.59 bits per heavy atom. The SMILES string of the molecule is CCc1ccc(CCCN2CCCCC2)cc1. The molecule has 2 rings (SSSR count). The summed E-state index contributed by atoms with van der Waals surface area (Å²) >= 11 is 0. The summed E-state index contributed by atoms with van der Waals surface area (Å²) in [5.74, 6) is 0. The number of hydrogen-bond acceptors (Lipinski definition) is 1. The molecule has 0 atom stereocenters. The van der Waals surface area contributed by atoms with Gasteiger partial charge in [-0.15, -0.1) is 0 Å². The van der Waals surface area contributed by atoms with Gasteiger partial charge in [0.15, 0.2) is 0 Å². The van der Waals surface area contributed by atoms with E-state index in [0.717, 1.165) is 6.42 Å². The lowest BCUT2D eigenvalue weighted by Crippen LogP contribution is -2.30. The lowest BCUT2D eigenvalue weighted by atomic mass is 10.1. The van der Waals surface area contributed by atoms with Crippen molar-refractivity contribution in [2.75, 3.05) is 19.6 Å². The molecule has 1 aromatic rings. The van der Waals surface area contributed by atoms with Crippen LogP contribution < -0.4 is 0 Å². The lowest BCUT2D eigenvalue weighted by molar-refractivity contribution is 0.226. The number of aryl methyl sites for hydroxylation is 2. The minimum Gasteiger partial charge on any atom is -0.303 e. The average Bonchev–Trinajstić information content (AvgIpc) is 2.41. The fourth-order valence-corrected chi connectivity index (χ4v) is 2.63. The second kappa shape index (κ2) is 6.80. The van der Waals surface area contributed by atoms with Crippen LogP contribution in [0.1, 0.15) is 43.7 Å². The van der Waals surface area contributed by atoms with Crippen molar-refractivity contribution in [2.24, 2.45) is 0 Å². The molecule has 1 aliphatic rings. The largest absolute Gasteiger partial charge is 0.303 e. The van der Waals surface area contributed by atoms with Crippen molar-refractivity contribution in [3.63, 3.8) is 0 Å². The summed E-state index contributed by atoms with van der Waals surface area (Å²) in [6.45, 7) is 6.16. The van der Waals surface area contributed by atoms with Gasteiger partial charge in [0, 0.05) is 0 Å². The fraction of sp³-hybridized carbons (Fsp3) is 0.625. The zero-order valence-corrected chi connectivity index (χ0v) is 11.1. The van der Waals surface area contributed by atoms with Gasteiger partial charge in [-0.05, 0) is 62.9 Å². The first-order valence-electron chi connectivity index (χ1n) is 7.18. The van der Waals surface area contributed by atoms with Crippen LogP contribution in [0.25, 0.3) is 0 Å². The van der Waals surface area contributed by atoms with Crippen molar-refractivity contribution in [3.05, 3.63) is 35.4 Å². The van der Waals surface area contributed by atoms with Crippen LogP contribution in [0.15, 0.2) is 24.3 Å². The molecule has 1 nitrogen and oxygen atoms in total. The summed E-state index contributed by atoms with van der Waals surface area (Å²) < 4.78 is 0. The monoisotopic (exact) mass is 231 g/mol. The number of rotatable bonds is 5. The van der Waals surface area contributed by atoms with E-state index in [0.29, 0.717) is 0 Å². The van der Waals surface area contributed by atoms with Crippen molar-refractivity contribution in [3.8, 4) is 0 Å². The maximum absolute atomic E-state index is 2.63. The molecule has 0 bridgehead atoms. The Bertz CT molecular complexity index is 309. The smallest absolute Gasteiger partial charge is 0.00156 e. The Hall–Kier alpha value is -0.820. The van der Waals surface area contributed by atoms with Crippen molar-refractivity contribution >= 4 is 0 Å². The topological polar surface area (TPSA) is 3.24 Å². The highest BCUT2D eigenvalue weighted by Crippen LogP contribution is 2.11. The van der Waals surface area contributed by atoms with Gasteiger partial charge in [0.2, 0.25) is 0 Å². The van der Waals surface area contributed by atoms with E-state index in [1.165, 1.54) is 62.9 Å². The third-order valence-electron chi connectivity index (χ3n) is 3.82. The predicted molar refractivity (Wildman–Crippen MR) is 74.4 cm³/mol. The molecule has 0 spiro atoms. The Balaban J connectivity index is 1.69. The van der Waals surface area contributed by atoms with Crippen molar-refractivity contribution in [1.82, 2.24) is 4.90 Å². The first-order chi connectivity index (χ1) is 8.38. The van der Waals surface area contributed by atoms with Gasteiger partial charge in [0.1, 0.15) is 0 Å². The summed E-state index contributed by atoms with van der Waals surface area (Å²) in [5.41, 5.74) is 2.95. The summed E-state index contributed by atoms with van der Waals surface area (Å²) in [7, 11) is 0. The number of nitrogens with zero attached hydrogens (tertiary/aromatic N) is 1. The molecule has 0 amide bonds. The molecule has 1 fully saturated rings. The number of hydrogen-bond donors (Lipinski definition) is 0. The molecule has 1 heterocycles. The quantitative estimate of drug-likeness (QED) is 0.747. The molecule has 0 radical (unpaired) electrons. The second-order valence-corrected chi connectivity index (χ2v) is 5.18. The number of benzene rings is 1. The molecule has 0 saturated carbocycles. The molecule has 94 valence electrons. The van der Waals surface area contributed by atoms with E-state index in [4.69, 9.17) is 0 Å². The van der Waals surface area contributed by atoms with Crippen LogP contribution in [-0.4, -0.2) is 24.5 Å². The van der Waals surface area contributed by atoms with Crippen LogP contribution in [0.2, 0.25) is 0 Å². The Kier molecular flexibility index (Phi) is 5.06. The molecule has 1 aromatic carbocycles. The summed E-state index contributed by atoms with van der Waals surface area (Å²) in [6, 6.07) is 9.15. The Morgan fingerprint density at radius 1 is 0.941 bits per heavy atom. The van der Waals surface area contributed by atoms with Crippen LogP contribution in [-0.2, 0) is 12.8 Å². The van der Waals surface area contributed by atoms with E-state index in [-0.39, 0.29) is 0 Å². The molecule has 1 heteroatoms. The van der Waals surface area contributed by atoms with Crippen molar-refractivity contribution < 1.29 is 0 Å². The van der Waals surface area contributed by atoms with Crippen LogP contribution in [0.4, 0.5) is 0 Å². The fourth-order valence-electron chi connectivity index (χ4n) is 2.63. The van der Waals surface area contributed by atoms with E-state index < -0.39 is 0 Å². The minimum atomic E-state index is 1.15. The van der Waals surface area contributed by atoms with E-state index >= 15 is 0 Å². The molecular weight excluding hydrogens is 206 g/mol. The number of piperidine rings is 1. The molecule has 17 heavy (non-hydrogen) atoms. The molecule has 1 aliphatic heterocycles. The zero-order valence-electron chi connectivity index (χ0n) is 11.1. The van der Waals surface area contributed by atoms with E-state index in [1.54, 1.807) is 0 Å². The minimum absolute atomic E-state index is 1.15. The van der Waals surface area contributed by atoms with Gasteiger partial charge >= 0.3 is 0 Å². The third kappa shape index (κ3) is 4.16. The first-order valence-corrected chi connectivity index (χ1v) is 7.18. The second-order valence-electron chi connectivity index (χ2n) is 5.18. The van der Waals surface area contributed by atoms with Gasteiger partial charge in [0.05, 0.1) is 0 Å². The molecule has 0 unspecified atom stereocenters. The zero-order chi connectivity index (χ0) is 11.9. The summed E-state index contributed by atoms with van der Waals surface area (Å²) in [4.78, 5) is 2.63. The maximum atomic E-state index is 2.63. The molecule has 0 aliphatic carbocycles. The molecule has 0 aromatic heterocycles. The van der Waals surface area contributed by atoms with Gasteiger partial charge in [0.25, 0.3) is 0 Å². The van der Waals surface area contributed by atoms with Gasteiger partial charge in [-0.2, -0.15) is 0 Å². The Morgan fingerprint density at radius 3 is 2.24 bits per heavy atom. The standard InChI is InChI=1S/C16H25N/c1-2-15-8-10-16(11-9-15)7-6-14-17-12-4-3-5-13-17/h8-11H,2-7,12-14H2,1H3. The van der Waals surface area contributed by atoms with Crippen LogP contribution in [0.3, 0.4) is 0 Å². The predicted octanol–water partition coefficient (Wildman–Crippen LogP) is 3.67. The van der Waals surface area contributed by atoms with Crippen LogP contribution >= 0.6 is 0 Å². The van der Waals surface area contributed by atoms with Gasteiger partial charge < -0.3 is 4.90 Å². The number of likely N-dealkylation sites (tertiary alicyclic amines) is 1. The highest BCUT2D eigenvalue weighted by molar-refractivity contribution is 5.22. The van der Waals surface area contributed by atoms with E-state index in [2.05, 4.69) is 36.1 Å². The maximum Gasteiger partial charge on any atom is -0.00156 e. The molecule has 0 N–H and O–H groups in total. The summed E-state index contributed by atoms with van der Waals surface area (Å²) in [6.07, 6.45) is 7.95. The Labute approximate surface area is 106 Å². The van der Waals surface area contributed by atoms with Crippen molar-refractivity contribution in [2.45, 2.75) is 45.4 Å². The van der Waals surface area contributed by atoms with Crippen molar-refractivity contribution in [1.29, 1.82) is 0 Å². The van der Waals surface area contributed by atoms with Gasteiger partial charge in [-0.3, -0.25) is 0 Å².